The van der Waals surface area contributed by atoms with Gasteiger partial charge in [-0.15, -0.1) is 0 Å². The molecule has 3 fully saturated rings. The maximum atomic E-state index is 13.5. The zero-order valence-corrected chi connectivity index (χ0v) is 21.2. The fraction of sp³-hybridized carbons (Fsp3) is 0.464. The lowest BCUT2D eigenvalue weighted by molar-refractivity contribution is -0.0490. The highest BCUT2D eigenvalue weighted by molar-refractivity contribution is 6.00. The molecule has 1 aromatic carbocycles. The molecule has 1 saturated carbocycles. The molecule has 2 aliphatic heterocycles. The molecule has 0 spiro atoms. The second-order valence-corrected chi connectivity index (χ2v) is 10.9. The number of imidazole rings is 1. The number of likely N-dealkylation sites (tertiary alicyclic amines) is 1. The molecule has 8 nitrogen and oxygen atoms in total. The van der Waals surface area contributed by atoms with Crippen LogP contribution in [-0.2, 0) is 13.6 Å². The molecule has 1 amide bonds. The van der Waals surface area contributed by atoms with E-state index in [-0.39, 0.29) is 17.7 Å². The maximum absolute atomic E-state index is 13.5. The fourth-order valence-corrected chi connectivity index (χ4v) is 6.26. The van der Waals surface area contributed by atoms with Crippen LogP contribution >= 0.6 is 0 Å². The van der Waals surface area contributed by atoms with Crippen LogP contribution in [0.15, 0.2) is 36.5 Å². The van der Waals surface area contributed by atoms with Crippen molar-refractivity contribution in [2.75, 3.05) is 19.6 Å². The lowest BCUT2D eigenvalue weighted by Crippen LogP contribution is -2.48. The van der Waals surface area contributed by atoms with Crippen LogP contribution in [0.25, 0.3) is 33.6 Å². The Morgan fingerprint density at radius 3 is 2.89 bits per heavy atom. The third kappa shape index (κ3) is 4.02. The van der Waals surface area contributed by atoms with Crippen LogP contribution in [0.3, 0.4) is 0 Å². The van der Waals surface area contributed by atoms with E-state index in [9.17, 15) is 13.6 Å². The number of nitrogens with zero attached hydrogens (tertiary/aromatic N) is 5. The normalized spacial score (nSPS) is 21.5. The van der Waals surface area contributed by atoms with Gasteiger partial charge in [-0.1, -0.05) is 0 Å². The smallest absolute Gasteiger partial charge is 0.387 e. The number of piperidine rings is 1. The number of rotatable bonds is 6. The number of halogens is 2. The largest absolute Gasteiger partial charge is 0.432 e. The summed E-state index contributed by atoms with van der Waals surface area (Å²) >= 11 is 0. The Morgan fingerprint density at radius 2 is 2.08 bits per heavy atom. The van der Waals surface area contributed by atoms with Crippen LogP contribution in [0.2, 0.25) is 0 Å². The van der Waals surface area contributed by atoms with E-state index in [0.717, 1.165) is 42.7 Å². The molecule has 2 unspecified atom stereocenters. The van der Waals surface area contributed by atoms with Gasteiger partial charge in [0.25, 0.3) is 5.91 Å². The molecule has 38 heavy (non-hydrogen) atoms. The summed E-state index contributed by atoms with van der Waals surface area (Å²) in [5, 5.41) is 4.48. The van der Waals surface area contributed by atoms with Crippen molar-refractivity contribution in [1.29, 1.82) is 0 Å². The molecule has 5 heterocycles. The first-order chi connectivity index (χ1) is 18.5. The molecule has 7 rings (SSSR count). The van der Waals surface area contributed by atoms with E-state index in [1.807, 2.05) is 23.1 Å². The van der Waals surface area contributed by atoms with Gasteiger partial charge < -0.3 is 24.1 Å². The highest BCUT2D eigenvalue weighted by atomic mass is 19.3. The Bertz CT molecular complexity index is 1540. The van der Waals surface area contributed by atoms with E-state index < -0.39 is 6.61 Å². The van der Waals surface area contributed by atoms with E-state index in [4.69, 9.17) is 9.72 Å². The van der Waals surface area contributed by atoms with Gasteiger partial charge in [-0.2, -0.15) is 8.78 Å². The van der Waals surface area contributed by atoms with Crippen LogP contribution in [0.4, 0.5) is 8.78 Å². The first-order valence-corrected chi connectivity index (χ1v) is 13.4. The predicted octanol–water partition coefficient (Wildman–Crippen LogP) is 4.43. The predicted molar refractivity (Wildman–Crippen MR) is 139 cm³/mol. The number of hydrogen-bond acceptors (Lipinski definition) is 5. The molecule has 3 aromatic heterocycles. The van der Waals surface area contributed by atoms with Crippen molar-refractivity contribution in [3.8, 4) is 17.3 Å². The summed E-state index contributed by atoms with van der Waals surface area (Å²) in [7, 11) is 1.80. The second kappa shape index (κ2) is 9.04. The molecule has 10 heteroatoms. The van der Waals surface area contributed by atoms with Gasteiger partial charge in [-0.3, -0.25) is 4.79 Å². The van der Waals surface area contributed by atoms with Gasteiger partial charge in [0, 0.05) is 49.9 Å². The van der Waals surface area contributed by atoms with Crippen molar-refractivity contribution >= 4 is 28.0 Å². The molecule has 198 valence electrons. The number of benzene rings is 1. The number of hydrogen-bond donors (Lipinski definition) is 1. The molecule has 1 N–H and O–H groups in total. The molecular weight excluding hydrogens is 490 g/mol. The van der Waals surface area contributed by atoms with E-state index in [0.29, 0.717) is 47.3 Å². The van der Waals surface area contributed by atoms with Crippen molar-refractivity contribution in [2.45, 2.75) is 44.9 Å². The standard InChI is InChI=1S/C28H30F2N6O2/c1-34-24-20(33-26(34)22-12-18-3-2-8-32-25(18)36(22)14-16-4-5-16)11-19(13-23(24)38-28(29)30)27(37)35-10-7-17-6-9-31-21(17)15-35/h2-3,8,11-13,16-17,21,28,31H,4-7,9-10,14-15H2,1H3. The summed E-state index contributed by atoms with van der Waals surface area (Å²) in [4.78, 5) is 24.8. The molecule has 2 atom stereocenters. The number of pyridine rings is 1. The average molecular weight is 521 g/mol. The van der Waals surface area contributed by atoms with E-state index >= 15 is 0 Å². The molecule has 0 radical (unpaired) electrons. The maximum Gasteiger partial charge on any atom is 0.387 e. The van der Waals surface area contributed by atoms with Gasteiger partial charge in [0.2, 0.25) is 0 Å². The number of aromatic nitrogens is 4. The van der Waals surface area contributed by atoms with Gasteiger partial charge in [-0.25, -0.2) is 9.97 Å². The highest BCUT2D eigenvalue weighted by Crippen LogP contribution is 2.38. The summed E-state index contributed by atoms with van der Waals surface area (Å²) in [6.45, 7) is 0.0556. The van der Waals surface area contributed by atoms with Crippen LogP contribution in [-0.4, -0.2) is 62.2 Å². The lowest BCUT2D eigenvalue weighted by atomic mass is 9.92. The lowest BCUT2D eigenvalue weighted by Gasteiger charge is -2.35. The number of aryl methyl sites for hydroxylation is 1. The Morgan fingerprint density at radius 1 is 1.21 bits per heavy atom. The molecular formula is C28H30F2N6O2. The second-order valence-electron chi connectivity index (χ2n) is 10.9. The molecule has 4 aromatic rings. The van der Waals surface area contributed by atoms with Gasteiger partial charge in [-0.05, 0) is 74.4 Å². The summed E-state index contributed by atoms with van der Waals surface area (Å²) in [6, 6.07) is 9.40. The Kier molecular flexibility index (Phi) is 5.61. The summed E-state index contributed by atoms with van der Waals surface area (Å²) in [5.74, 6) is 1.59. The van der Waals surface area contributed by atoms with Gasteiger partial charge in [0.15, 0.2) is 11.6 Å². The third-order valence-corrected chi connectivity index (χ3v) is 8.38. The quantitative estimate of drug-likeness (QED) is 0.407. The Balaban J connectivity index is 1.32. The first-order valence-electron chi connectivity index (χ1n) is 13.4. The van der Waals surface area contributed by atoms with Crippen molar-refractivity contribution in [3.05, 3.63) is 42.1 Å². The molecule has 0 bridgehead atoms. The number of nitrogens with one attached hydrogen (secondary N) is 1. The topological polar surface area (TPSA) is 77.2 Å². The van der Waals surface area contributed by atoms with Crippen LogP contribution in [0, 0.1) is 11.8 Å². The SMILES string of the molecule is Cn1c(-c2cc3cccnc3n2CC2CC2)nc2cc(C(=O)N3CCC4CCNC4C3)cc(OC(F)F)c21. The van der Waals surface area contributed by atoms with Crippen LogP contribution in [0.5, 0.6) is 5.75 Å². The van der Waals surface area contributed by atoms with Crippen LogP contribution < -0.4 is 10.1 Å². The summed E-state index contributed by atoms with van der Waals surface area (Å²) in [5.41, 5.74) is 2.95. The zero-order chi connectivity index (χ0) is 26.0. The highest BCUT2D eigenvalue weighted by Gasteiger charge is 2.35. The number of ether oxygens (including phenoxy) is 1. The minimum Gasteiger partial charge on any atom is -0.432 e. The van der Waals surface area contributed by atoms with Gasteiger partial charge in [0.1, 0.15) is 11.2 Å². The first kappa shape index (κ1) is 23.6. The van der Waals surface area contributed by atoms with Crippen molar-refractivity contribution in [3.63, 3.8) is 0 Å². The number of amides is 1. The zero-order valence-electron chi connectivity index (χ0n) is 21.2. The Labute approximate surface area is 218 Å². The molecule has 3 aliphatic rings. The van der Waals surface area contributed by atoms with E-state index in [2.05, 4.69) is 14.9 Å². The average Bonchev–Trinajstić information content (AvgIpc) is 3.33. The summed E-state index contributed by atoms with van der Waals surface area (Å²) in [6.07, 6.45) is 6.22. The molecule has 2 saturated heterocycles. The Hall–Kier alpha value is -3.53. The van der Waals surface area contributed by atoms with Crippen LogP contribution in [0.1, 0.15) is 36.0 Å². The van der Waals surface area contributed by atoms with E-state index in [1.165, 1.54) is 18.9 Å². The summed E-state index contributed by atoms with van der Waals surface area (Å²) < 4.78 is 36.0. The number of carbonyl (C=O) groups excluding carboxylic acids is 1. The van der Waals surface area contributed by atoms with E-state index in [1.54, 1.807) is 23.9 Å². The minimum atomic E-state index is -3.02. The number of alkyl halides is 2. The monoisotopic (exact) mass is 520 g/mol. The minimum absolute atomic E-state index is 0.0426. The van der Waals surface area contributed by atoms with Crippen molar-refractivity contribution < 1.29 is 18.3 Å². The number of fused-ring (bicyclic) bond motifs is 3. The number of carbonyl (C=O) groups is 1. The van der Waals surface area contributed by atoms with Crippen molar-refractivity contribution in [2.24, 2.45) is 18.9 Å². The van der Waals surface area contributed by atoms with Gasteiger partial charge in [0.05, 0.1) is 11.2 Å². The van der Waals surface area contributed by atoms with Gasteiger partial charge >= 0.3 is 6.61 Å². The fourth-order valence-electron chi connectivity index (χ4n) is 6.26. The third-order valence-electron chi connectivity index (χ3n) is 8.38. The molecule has 1 aliphatic carbocycles. The van der Waals surface area contributed by atoms with Crippen molar-refractivity contribution in [1.82, 2.24) is 29.3 Å².